The minimum absolute atomic E-state index is 0.238. The predicted octanol–water partition coefficient (Wildman–Crippen LogP) is 2.20. The molecule has 16 heavy (non-hydrogen) atoms. The van der Waals surface area contributed by atoms with Crippen molar-refractivity contribution >= 4 is 0 Å². The number of rotatable bonds is 0. The van der Waals surface area contributed by atoms with Gasteiger partial charge in [-0.05, 0) is 54.0 Å². The Bertz CT molecular complexity index is 429. The predicted molar refractivity (Wildman–Crippen MR) is 64.7 cm³/mol. The van der Waals surface area contributed by atoms with Crippen LogP contribution < -0.4 is 5.32 Å². The van der Waals surface area contributed by atoms with Crippen LogP contribution in [0.4, 0.5) is 0 Å². The SMILES string of the molecule is CC1C2Cc3ccc(O)cc3[C@@]1(C)CCN2. The second-order valence-corrected chi connectivity index (χ2v) is 5.56. The van der Waals surface area contributed by atoms with E-state index in [-0.39, 0.29) is 5.41 Å². The van der Waals surface area contributed by atoms with E-state index in [1.54, 1.807) is 0 Å². The summed E-state index contributed by atoms with van der Waals surface area (Å²) in [5, 5.41) is 13.3. The molecule has 1 heterocycles. The number of fused-ring (bicyclic) bond motifs is 4. The van der Waals surface area contributed by atoms with Crippen molar-refractivity contribution in [1.82, 2.24) is 5.32 Å². The highest BCUT2D eigenvalue weighted by Gasteiger charge is 2.45. The van der Waals surface area contributed by atoms with Gasteiger partial charge in [0.25, 0.3) is 0 Å². The second-order valence-electron chi connectivity index (χ2n) is 5.56. The van der Waals surface area contributed by atoms with Crippen molar-refractivity contribution in [2.75, 3.05) is 6.54 Å². The largest absolute Gasteiger partial charge is 0.508 e. The van der Waals surface area contributed by atoms with E-state index in [9.17, 15) is 5.11 Å². The lowest BCUT2D eigenvalue weighted by molar-refractivity contribution is 0.158. The van der Waals surface area contributed by atoms with E-state index in [0.717, 1.165) is 13.0 Å². The Hall–Kier alpha value is -1.02. The van der Waals surface area contributed by atoms with Crippen LogP contribution in [0.25, 0.3) is 0 Å². The van der Waals surface area contributed by atoms with Crippen molar-refractivity contribution in [1.29, 1.82) is 0 Å². The number of nitrogens with one attached hydrogen (secondary N) is 1. The van der Waals surface area contributed by atoms with Crippen molar-refractivity contribution < 1.29 is 5.11 Å². The van der Waals surface area contributed by atoms with Gasteiger partial charge in [0.05, 0.1) is 0 Å². The van der Waals surface area contributed by atoms with E-state index in [2.05, 4.69) is 25.2 Å². The Balaban J connectivity index is 2.18. The molecule has 1 fully saturated rings. The van der Waals surface area contributed by atoms with E-state index in [1.165, 1.54) is 17.5 Å². The minimum atomic E-state index is 0.238. The van der Waals surface area contributed by atoms with Crippen molar-refractivity contribution in [3.05, 3.63) is 29.3 Å². The maximum absolute atomic E-state index is 9.67. The van der Waals surface area contributed by atoms with Gasteiger partial charge in [0, 0.05) is 6.04 Å². The molecule has 0 amide bonds. The lowest BCUT2D eigenvalue weighted by atomic mass is 9.59. The number of hydrogen-bond donors (Lipinski definition) is 2. The molecule has 0 spiro atoms. The summed E-state index contributed by atoms with van der Waals surface area (Å²) < 4.78 is 0. The Kier molecular flexibility index (Phi) is 2.05. The number of phenols is 1. The van der Waals surface area contributed by atoms with Crippen molar-refractivity contribution in [2.24, 2.45) is 5.92 Å². The fourth-order valence-electron chi connectivity index (χ4n) is 3.51. The second kappa shape index (κ2) is 3.24. The van der Waals surface area contributed by atoms with E-state index < -0.39 is 0 Å². The van der Waals surface area contributed by atoms with Crippen LogP contribution in [0.5, 0.6) is 5.75 Å². The molecule has 2 unspecified atom stereocenters. The summed E-state index contributed by atoms with van der Waals surface area (Å²) >= 11 is 0. The Morgan fingerprint density at radius 3 is 3.06 bits per heavy atom. The van der Waals surface area contributed by atoms with Crippen LogP contribution in [0.3, 0.4) is 0 Å². The molecule has 1 aromatic carbocycles. The molecule has 1 aliphatic carbocycles. The van der Waals surface area contributed by atoms with E-state index in [0.29, 0.717) is 17.7 Å². The number of piperidine rings is 1. The molecule has 2 bridgehead atoms. The molecular formula is C14H19NO. The lowest BCUT2D eigenvalue weighted by Crippen LogP contribution is -2.56. The molecule has 1 saturated heterocycles. The highest BCUT2D eigenvalue weighted by molar-refractivity contribution is 5.44. The standard InChI is InChI=1S/C14H19NO/c1-9-13-7-10-3-4-11(16)8-12(10)14(9,2)5-6-15-13/h3-4,8-9,13,15-16H,5-7H2,1-2H3/t9?,13?,14-/m0/s1. The minimum Gasteiger partial charge on any atom is -0.508 e. The first-order valence-electron chi connectivity index (χ1n) is 6.17. The zero-order valence-electron chi connectivity index (χ0n) is 9.96. The molecule has 0 radical (unpaired) electrons. The van der Waals surface area contributed by atoms with Crippen LogP contribution >= 0.6 is 0 Å². The summed E-state index contributed by atoms with van der Waals surface area (Å²) in [5.74, 6) is 1.06. The van der Waals surface area contributed by atoms with Crippen molar-refractivity contribution in [3.8, 4) is 5.75 Å². The van der Waals surface area contributed by atoms with Gasteiger partial charge in [0.1, 0.15) is 5.75 Å². The Morgan fingerprint density at radius 2 is 2.25 bits per heavy atom. The molecule has 86 valence electrons. The third-order valence-corrected chi connectivity index (χ3v) is 4.81. The van der Waals surface area contributed by atoms with E-state index in [1.807, 2.05) is 12.1 Å². The summed E-state index contributed by atoms with van der Waals surface area (Å²) in [6.07, 6.45) is 2.27. The molecule has 0 aromatic heterocycles. The van der Waals surface area contributed by atoms with Crippen LogP contribution in [-0.2, 0) is 11.8 Å². The fourth-order valence-corrected chi connectivity index (χ4v) is 3.51. The van der Waals surface area contributed by atoms with Crippen LogP contribution in [0.15, 0.2) is 18.2 Å². The molecule has 3 rings (SSSR count). The molecular weight excluding hydrogens is 198 g/mol. The maximum atomic E-state index is 9.67. The van der Waals surface area contributed by atoms with Gasteiger partial charge in [0.15, 0.2) is 0 Å². The van der Waals surface area contributed by atoms with Gasteiger partial charge in [-0.15, -0.1) is 0 Å². The van der Waals surface area contributed by atoms with E-state index >= 15 is 0 Å². The van der Waals surface area contributed by atoms with Gasteiger partial charge in [-0.25, -0.2) is 0 Å². The third kappa shape index (κ3) is 1.23. The molecule has 2 aliphatic rings. The molecule has 2 nitrogen and oxygen atoms in total. The number of phenolic OH excluding ortho intramolecular Hbond substituents is 1. The van der Waals surface area contributed by atoms with Gasteiger partial charge >= 0.3 is 0 Å². The lowest BCUT2D eigenvalue weighted by Gasteiger charge is -2.50. The fraction of sp³-hybridized carbons (Fsp3) is 0.571. The normalized spacial score (nSPS) is 36.9. The summed E-state index contributed by atoms with van der Waals surface area (Å²) in [6, 6.07) is 6.49. The maximum Gasteiger partial charge on any atom is 0.115 e. The van der Waals surface area contributed by atoms with Crippen molar-refractivity contribution in [2.45, 2.75) is 38.1 Å². The highest BCUT2D eigenvalue weighted by Crippen LogP contribution is 2.46. The zero-order chi connectivity index (χ0) is 11.3. The van der Waals surface area contributed by atoms with Gasteiger partial charge in [-0.1, -0.05) is 19.9 Å². The number of benzene rings is 1. The number of aromatic hydroxyl groups is 1. The summed E-state index contributed by atoms with van der Waals surface area (Å²) in [7, 11) is 0. The topological polar surface area (TPSA) is 32.3 Å². The van der Waals surface area contributed by atoms with Crippen molar-refractivity contribution in [3.63, 3.8) is 0 Å². The summed E-state index contributed by atoms with van der Waals surface area (Å²) in [4.78, 5) is 0. The summed E-state index contributed by atoms with van der Waals surface area (Å²) in [6.45, 7) is 5.79. The van der Waals surface area contributed by atoms with Crippen LogP contribution in [-0.4, -0.2) is 17.7 Å². The molecule has 1 aromatic rings. The molecule has 3 atom stereocenters. The first-order chi connectivity index (χ1) is 7.61. The van der Waals surface area contributed by atoms with Gasteiger partial charge < -0.3 is 10.4 Å². The monoisotopic (exact) mass is 217 g/mol. The first-order valence-corrected chi connectivity index (χ1v) is 6.17. The van der Waals surface area contributed by atoms with Crippen LogP contribution in [0.1, 0.15) is 31.4 Å². The average molecular weight is 217 g/mol. The quantitative estimate of drug-likeness (QED) is 0.698. The van der Waals surface area contributed by atoms with Crippen LogP contribution in [0.2, 0.25) is 0 Å². The van der Waals surface area contributed by atoms with Gasteiger partial charge in [0.2, 0.25) is 0 Å². The molecule has 2 N–H and O–H groups in total. The van der Waals surface area contributed by atoms with Gasteiger partial charge in [-0.3, -0.25) is 0 Å². The van der Waals surface area contributed by atoms with Crippen LogP contribution in [0, 0.1) is 5.92 Å². The average Bonchev–Trinajstić information content (AvgIpc) is 2.25. The highest BCUT2D eigenvalue weighted by atomic mass is 16.3. The molecule has 2 heteroatoms. The number of hydrogen-bond acceptors (Lipinski definition) is 2. The van der Waals surface area contributed by atoms with E-state index in [4.69, 9.17) is 0 Å². The Labute approximate surface area is 96.7 Å². The molecule has 1 aliphatic heterocycles. The first kappa shape index (κ1) is 10.2. The third-order valence-electron chi connectivity index (χ3n) is 4.81. The Morgan fingerprint density at radius 1 is 1.44 bits per heavy atom. The van der Waals surface area contributed by atoms with Gasteiger partial charge in [-0.2, -0.15) is 0 Å². The molecule has 0 saturated carbocycles. The zero-order valence-corrected chi connectivity index (χ0v) is 9.96. The summed E-state index contributed by atoms with van der Waals surface area (Å²) in [5.41, 5.74) is 3.02. The smallest absolute Gasteiger partial charge is 0.115 e.